The maximum absolute atomic E-state index is 13.8. The highest BCUT2D eigenvalue weighted by molar-refractivity contribution is 7.92. The predicted molar refractivity (Wildman–Crippen MR) is 160 cm³/mol. The minimum Gasteiger partial charge on any atom is -0.471 e. The van der Waals surface area contributed by atoms with Gasteiger partial charge in [0.2, 0.25) is 11.8 Å². The van der Waals surface area contributed by atoms with Crippen LogP contribution < -0.4 is 9.46 Å². The summed E-state index contributed by atoms with van der Waals surface area (Å²) in [4.78, 5) is 27.2. The van der Waals surface area contributed by atoms with Crippen molar-refractivity contribution < 1.29 is 17.9 Å². The van der Waals surface area contributed by atoms with E-state index in [0.29, 0.717) is 42.3 Å². The van der Waals surface area contributed by atoms with E-state index in [2.05, 4.69) is 19.6 Å². The zero-order valence-electron chi connectivity index (χ0n) is 24.2. The molecule has 1 N–H and O–H groups in total. The number of ether oxygens (including phenoxy) is 1. The van der Waals surface area contributed by atoms with Crippen LogP contribution in [-0.4, -0.2) is 72.4 Å². The fourth-order valence-electron chi connectivity index (χ4n) is 7.05. The lowest BCUT2D eigenvalue weighted by molar-refractivity contribution is 0.0678. The third-order valence-corrected chi connectivity index (χ3v) is 11.0. The maximum Gasteiger partial charge on any atom is 0.264 e. The van der Waals surface area contributed by atoms with Gasteiger partial charge in [0.1, 0.15) is 6.10 Å². The van der Waals surface area contributed by atoms with E-state index in [9.17, 15) is 13.2 Å². The molecule has 10 heteroatoms. The number of hydrogen-bond donors (Lipinski definition) is 1. The first kappa shape index (κ1) is 27.3. The summed E-state index contributed by atoms with van der Waals surface area (Å²) in [7, 11) is -4.07. The lowest BCUT2D eigenvalue weighted by atomic mass is 9.83. The summed E-state index contributed by atoms with van der Waals surface area (Å²) in [5, 5.41) is 0. The molecule has 2 aromatic carbocycles. The van der Waals surface area contributed by atoms with E-state index < -0.39 is 10.0 Å². The van der Waals surface area contributed by atoms with Crippen molar-refractivity contribution in [2.75, 3.05) is 30.9 Å². The largest absolute Gasteiger partial charge is 0.471 e. The van der Waals surface area contributed by atoms with Gasteiger partial charge in [-0.2, -0.15) is 4.98 Å². The summed E-state index contributed by atoms with van der Waals surface area (Å²) < 4.78 is 36.0. The zero-order chi connectivity index (χ0) is 29.1. The van der Waals surface area contributed by atoms with Gasteiger partial charge in [0.05, 0.1) is 17.1 Å². The topological polar surface area (TPSA) is 105 Å². The van der Waals surface area contributed by atoms with Crippen molar-refractivity contribution in [3.63, 3.8) is 0 Å². The Hall–Kier alpha value is -3.50. The number of amides is 1. The van der Waals surface area contributed by atoms with Gasteiger partial charge in [0.15, 0.2) is 0 Å². The predicted octanol–water partition coefficient (Wildman–Crippen LogP) is 4.80. The van der Waals surface area contributed by atoms with E-state index in [4.69, 9.17) is 4.74 Å². The number of nitrogens with one attached hydrogen (secondary N) is 1. The first-order valence-corrected chi connectivity index (χ1v) is 16.4. The molecule has 3 aromatic rings. The molecule has 220 valence electrons. The molecule has 9 nitrogen and oxygen atoms in total. The standard InChI is InChI=1S/C32H37N5O4S/c1-21-5-3-6-22(2)29(21)27-18-28-34-31(33-27)35-42(39,40)26-8-4-7-23(17-26)30(38)37-16-15-36(19-25(20-37)41-28)24-9-11-32(12-10-24)13-14-32/h3-8,17-18,24-25H,9-16,19-20H2,1-2H3,(H,33,34,35)/t25-/m1/s1. The maximum atomic E-state index is 13.8. The molecule has 2 saturated carbocycles. The van der Waals surface area contributed by atoms with E-state index in [1.165, 1.54) is 50.7 Å². The lowest BCUT2D eigenvalue weighted by Gasteiger charge is -2.37. The molecule has 4 aliphatic rings. The molecule has 1 atom stereocenters. The van der Waals surface area contributed by atoms with Crippen LogP contribution in [0.5, 0.6) is 5.88 Å². The Morgan fingerprint density at radius 1 is 0.929 bits per heavy atom. The van der Waals surface area contributed by atoms with Gasteiger partial charge in [-0.05, 0) is 87.1 Å². The molecule has 3 fully saturated rings. The van der Waals surface area contributed by atoms with Crippen molar-refractivity contribution in [3.05, 3.63) is 65.2 Å². The number of fused-ring (bicyclic) bond motifs is 6. The minimum absolute atomic E-state index is 0.0136. The average Bonchev–Trinajstić information content (AvgIpc) is 3.75. The zero-order valence-corrected chi connectivity index (χ0v) is 25.0. The van der Waals surface area contributed by atoms with Gasteiger partial charge in [-0.25, -0.2) is 18.1 Å². The van der Waals surface area contributed by atoms with Gasteiger partial charge in [-0.1, -0.05) is 24.3 Å². The molecule has 2 aliphatic heterocycles. The van der Waals surface area contributed by atoms with Crippen LogP contribution >= 0.6 is 0 Å². The van der Waals surface area contributed by atoms with Crippen LogP contribution in [0.15, 0.2) is 53.4 Å². The van der Waals surface area contributed by atoms with Crippen molar-refractivity contribution in [2.45, 2.75) is 69.4 Å². The molecular weight excluding hydrogens is 550 g/mol. The number of benzene rings is 2. The Morgan fingerprint density at radius 3 is 2.40 bits per heavy atom. The Kier molecular flexibility index (Phi) is 6.73. The van der Waals surface area contributed by atoms with E-state index in [0.717, 1.165) is 23.2 Å². The lowest BCUT2D eigenvalue weighted by Crippen LogP contribution is -2.44. The van der Waals surface area contributed by atoms with Gasteiger partial charge in [0, 0.05) is 42.9 Å². The van der Waals surface area contributed by atoms with Crippen LogP contribution in [0, 0.1) is 19.3 Å². The number of sulfonamides is 1. The second kappa shape index (κ2) is 10.3. The summed E-state index contributed by atoms with van der Waals surface area (Å²) in [6, 6.07) is 14.4. The van der Waals surface area contributed by atoms with Crippen molar-refractivity contribution in [3.8, 4) is 17.1 Å². The Labute approximate surface area is 247 Å². The van der Waals surface area contributed by atoms with Crippen LogP contribution in [0.2, 0.25) is 0 Å². The second-order valence-electron chi connectivity index (χ2n) is 12.5. The number of rotatable bonds is 2. The van der Waals surface area contributed by atoms with Crippen LogP contribution in [0.4, 0.5) is 5.95 Å². The highest BCUT2D eigenvalue weighted by Crippen LogP contribution is 2.56. The minimum atomic E-state index is -4.07. The number of anilines is 1. The molecule has 1 spiro atoms. The van der Waals surface area contributed by atoms with E-state index >= 15 is 0 Å². The fraction of sp³-hybridized carbons (Fsp3) is 0.469. The summed E-state index contributed by atoms with van der Waals surface area (Å²) in [6.45, 7) is 6.38. The Bertz CT molecular complexity index is 1620. The van der Waals surface area contributed by atoms with Crippen LogP contribution in [0.25, 0.3) is 11.3 Å². The van der Waals surface area contributed by atoms with Gasteiger partial charge >= 0.3 is 0 Å². The molecule has 0 unspecified atom stereocenters. The summed E-state index contributed by atoms with van der Waals surface area (Å²) in [5.41, 5.74) is 4.46. The molecule has 1 aromatic heterocycles. The number of nitrogens with zero attached hydrogens (tertiary/aromatic N) is 4. The molecular formula is C32H37N5O4S. The molecule has 6 bridgehead atoms. The third-order valence-electron chi connectivity index (χ3n) is 9.64. The smallest absolute Gasteiger partial charge is 0.264 e. The number of aryl methyl sites for hydroxylation is 2. The van der Waals surface area contributed by atoms with Crippen molar-refractivity contribution in [2.24, 2.45) is 5.41 Å². The summed E-state index contributed by atoms with van der Waals surface area (Å²) >= 11 is 0. The molecule has 0 radical (unpaired) electrons. The van der Waals surface area contributed by atoms with Crippen molar-refractivity contribution in [1.82, 2.24) is 19.8 Å². The van der Waals surface area contributed by atoms with E-state index in [-0.39, 0.29) is 28.7 Å². The highest BCUT2D eigenvalue weighted by Gasteiger charge is 2.46. The van der Waals surface area contributed by atoms with Crippen molar-refractivity contribution >= 4 is 21.9 Å². The quantitative estimate of drug-likeness (QED) is 0.459. The summed E-state index contributed by atoms with van der Waals surface area (Å²) in [5.74, 6) is 0.0213. The molecule has 1 amide bonds. The molecule has 2 aliphatic carbocycles. The molecule has 42 heavy (non-hydrogen) atoms. The van der Waals surface area contributed by atoms with Crippen LogP contribution in [0.1, 0.15) is 60.0 Å². The first-order valence-electron chi connectivity index (χ1n) is 15.0. The van der Waals surface area contributed by atoms with E-state index in [1.54, 1.807) is 23.1 Å². The molecule has 3 heterocycles. The highest BCUT2D eigenvalue weighted by atomic mass is 32.2. The first-order chi connectivity index (χ1) is 20.2. The molecule has 7 rings (SSSR count). The number of aromatic nitrogens is 2. The average molecular weight is 588 g/mol. The Morgan fingerprint density at radius 2 is 1.67 bits per heavy atom. The van der Waals surface area contributed by atoms with E-state index in [1.807, 2.05) is 32.0 Å². The Balaban J connectivity index is 1.30. The monoisotopic (exact) mass is 587 g/mol. The second-order valence-corrected chi connectivity index (χ2v) is 14.2. The number of carbonyl (C=O) groups excluding carboxylic acids is 1. The van der Waals surface area contributed by atoms with Gasteiger partial charge in [-0.15, -0.1) is 0 Å². The number of carbonyl (C=O) groups is 1. The SMILES string of the molecule is Cc1cccc(C)c1-c1cc2nc(n1)NS(=O)(=O)c1cccc(c1)C(=O)N1CCN(C3CCC4(CC3)CC4)C[C@H](C1)O2. The van der Waals surface area contributed by atoms with Crippen LogP contribution in [0.3, 0.4) is 0 Å². The normalized spacial score (nSPS) is 23.5. The fourth-order valence-corrected chi connectivity index (χ4v) is 8.04. The summed E-state index contributed by atoms with van der Waals surface area (Å²) in [6.07, 6.45) is 7.32. The van der Waals surface area contributed by atoms with Gasteiger partial charge in [-0.3, -0.25) is 9.69 Å². The van der Waals surface area contributed by atoms with Gasteiger partial charge < -0.3 is 9.64 Å². The van der Waals surface area contributed by atoms with Crippen LogP contribution in [-0.2, 0) is 10.0 Å². The third kappa shape index (κ3) is 5.26. The number of hydrogen-bond acceptors (Lipinski definition) is 7. The molecule has 1 saturated heterocycles. The van der Waals surface area contributed by atoms with Crippen molar-refractivity contribution in [1.29, 1.82) is 0 Å². The van der Waals surface area contributed by atoms with Gasteiger partial charge in [0.25, 0.3) is 15.9 Å².